The summed E-state index contributed by atoms with van der Waals surface area (Å²) >= 11 is 0. The summed E-state index contributed by atoms with van der Waals surface area (Å²) in [7, 11) is 0. The Kier molecular flexibility index (Phi) is 4.28. The van der Waals surface area contributed by atoms with Crippen LogP contribution >= 0.6 is 0 Å². The highest BCUT2D eigenvalue weighted by atomic mass is 16.4. The summed E-state index contributed by atoms with van der Waals surface area (Å²) in [4.78, 5) is 17.0. The lowest BCUT2D eigenvalue weighted by molar-refractivity contribution is -0.136. The van der Waals surface area contributed by atoms with E-state index < -0.39 is 5.97 Å². The van der Waals surface area contributed by atoms with E-state index in [0.29, 0.717) is 6.54 Å². The van der Waals surface area contributed by atoms with Crippen LogP contribution in [0.2, 0.25) is 0 Å². The van der Waals surface area contributed by atoms with E-state index >= 15 is 0 Å². The fourth-order valence-electron chi connectivity index (χ4n) is 1.54. The van der Waals surface area contributed by atoms with E-state index in [2.05, 4.69) is 4.98 Å². The number of hydrogen-bond donors (Lipinski definition) is 1. The van der Waals surface area contributed by atoms with E-state index in [0.717, 1.165) is 11.5 Å². The van der Waals surface area contributed by atoms with Crippen LogP contribution in [0.3, 0.4) is 0 Å². The van der Waals surface area contributed by atoms with Gasteiger partial charge in [-0.3, -0.25) is 4.79 Å². The minimum Gasteiger partial charge on any atom is -0.481 e. The molecule has 4 heteroatoms. The van der Waals surface area contributed by atoms with Gasteiger partial charge in [-0.2, -0.15) is 0 Å². The number of aryl methyl sites for hydroxylation is 1. The van der Waals surface area contributed by atoms with Crippen LogP contribution in [0.1, 0.15) is 26.0 Å². The fourth-order valence-corrected chi connectivity index (χ4v) is 1.54. The minimum atomic E-state index is -0.779. The van der Waals surface area contributed by atoms with Crippen molar-refractivity contribution in [2.75, 3.05) is 11.4 Å². The molecule has 0 aromatic carbocycles. The van der Waals surface area contributed by atoms with E-state index in [4.69, 9.17) is 5.11 Å². The Bertz CT molecular complexity index is 364. The van der Waals surface area contributed by atoms with Crippen LogP contribution in [0.5, 0.6) is 0 Å². The highest BCUT2D eigenvalue weighted by Crippen LogP contribution is 2.14. The van der Waals surface area contributed by atoms with E-state index in [1.807, 2.05) is 43.9 Å². The predicted molar refractivity (Wildman–Crippen MR) is 63.7 cm³/mol. The topological polar surface area (TPSA) is 53.4 Å². The molecule has 0 saturated heterocycles. The highest BCUT2D eigenvalue weighted by Gasteiger charge is 2.13. The molecule has 1 aromatic heterocycles. The summed E-state index contributed by atoms with van der Waals surface area (Å²) in [6.45, 7) is 6.49. The van der Waals surface area contributed by atoms with Gasteiger partial charge in [-0.25, -0.2) is 4.98 Å². The first-order valence-electron chi connectivity index (χ1n) is 5.43. The van der Waals surface area contributed by atoms with Crippen molar-refractivity contribution in [3.63, 3.8) is 0 Å². The van der Waals surface area contributed by atoms with Crippen molar-refractivity contribution in [3.05, 3.63) is 23.9 Å². The van der Waals surface area contributed by atoms with Crippen molar-refractivity contribution in [2.45, 2.75) is 33.2 Å². The number of carbonyl (C=O) groups is 1. The van der Waals surface area contributed by atoms with Crippen molar-refractivity contribution < 1.29 is 9.90 Å². The summed E-state index contributed by atoms with van der Waals surface area (Å²) in [5.74, 6) is 0.0644. The van der Waals surface area contributed by atoms with Crippen LogP contribution in [0.15, 0.2) is 18.2 Å². The van der Waals surface area contributed by atoms with Gasteiger partial charge in [0.15, 0.2) is 0 Å². The molecule has 0 aliphatic heterocycles. The van der Waals surface area contributed by atoms with E-state index in [1.54, 1.807) is 0 Å². The molecule has 0 saturated carbocycles. The smallest absolute Gasteiger partial charge is 0.305 e. The maximum atomic E-state index is 10.6. The molecular weight excluding hydrogens is 204 g/mol. The van der Waals surface area contributed by atoms with Crippen molar-refractivity contribution in [1.82, 2.24) is 4.98 Å². The monoisotopic (exact) mass is 222 g/mol. The van der Waals surface area contributed by atoms with Crippen LogP contribution in [-0.2, 0) is 4.79 Å². The van der Waals surface area contributed by atoms with E-state index in [1.165, 1.54) is 0 Å². The number of hydrogen-bond acceptors (Lipinski definition) is 3. The Morgan fingerprint density at radius 1 is 1.50 bits per heavy atom. The first kappa shape index (κ1) is 12.5. The van der Waals surface area contributed by atoms with Gasteiger partial charge in [-0.1, -0.05) is 6.07 Å². The third-order valence-electron chi connectivity index (χ3n) is 2.36. The molecule has 4 nitrogen and oxygen atoms in total. The molecule has 0 bridgehead atoms. The fraction of sp³-hybridized carbons (Fsp3) is 0.500. The molecule has 0 spiro atoms. The van der Waals surface area contributed by atoms with E-state index in [9.17, 15) is 4.79 Å². The summed E-state index contributed by atoms with van der Waals surface area (Å²) in [6, 6.07) is 6.02. The van der Waals surface area contributed by atoms with Gasteiger partial charge in [-0.15, -0.1) is 0 Å². The Labute approximate surface area is 95.9 Å². The molecule has 1 heterocycles. The second-order valence-electron chi connectivity index (χ2n) is 4.07. The zero-order valence-electron chi connectivity index (χ0n) is 9.97. The van der Waals surface area contributed by atoms with Crippen LogP contribution in [-0.4, -0.2) is 28.6 Å². The maximum absolute atomic E-state index is 10.6. The number of rotatable bonds is 5. The van der Waals surface area contributed by atoms with Gasteiger partial charge < -0.3 is 10.0 Å². The molecule has 1 rings (SSSR count). The average Bonchev–Trinajstić information content (AvgIpc) is 2.17. The Morgan fingerprint density at radius 3 is 2.69 bits per heavy atom. The van der Waals surface area contributed by atoms with Crippen LogP contribution in [0.25, 0.3) is 0 Å². The minimum absolute atomic E-state index is 0.133. The largest absolute Gasteiger partial charge is 0.481 e. The number of nitrogens with zero attached hydrogens (tertiary/aromatic N) is 2. The van der Waals surface area contributed by atoms with E-state index in [-0.39, 0.29) is 12.5 Å². The number of carboxylic acid groups (broad SMARTS) is 1. The predicted octanol–water partition coefficient (Wildman–Crippen LogP) is 2.08. The molecule has 0 radical (unpaired) electrons. The molecule has 88 valence electrons. The summed E-state index contributed by atoms with van der Waals surface area (Å²) < 4.78 is 0. The molecule has 1 N–H and O–H groups in total. The second-order valence-corrected chi connectivity index (χ2v) is 4.07. The molecule has 16 heavy (non-hydrogen) atoms. The molecule has 0 atom stereocenters. The lowest BCUT2D eigenvalue weighted by Gasteiger charge is -2.27. The van der Waals surface area contributed by atoms with Gasteiger partial charge in [0.25, 0.3) is 0 Å². The lowest BCUT2D eigenvalue weighted by atomic mass is 10.2. The van der Waals surface area contributed by atoms with Gasteiger partial charge in [-0.05, 0) is 32.9 Å². The van der Waals surface area contributed by atoms with Gasteiger partial charge in [0.2, 0.25) is 0 Å². The van der Waals surface area contributed by atoms with Crippen molar-refractivity contribution >= 4 is 11.8 Å². The third-order valence-corrected chi connectivity index (χ3v) is 2.36. The standard InChI is InChI=1S/C12H18N2O2/c1-9(2)14(8-7-12(15)16)11-6-4-5-10(3)13-11/h4-6,9H,7-8H2,1-3H3,(H,15,16). The first-order valence-corrected chi connectivity index (χ1v) is 5.43. The quantitative estimate of drug-likeness (QED) is 0.828. The third kappa shape index (κ3) is 3.53. The Balaban J connectivity index is 2.81. The normalized spacial score (nSPS) is 10.5. The highest BCUT2D eigenvalue weighted by molar-refractivity contribution is 5.67. The number of aliphatic carboxylic acids is 1. The molecule has 0 aliphatic carbocycles. The van der Waals surface area contributed by atoms with Crippen molar-refractivity contribution in [3.8, 4) is 0 Å². The van der Waals surface area contributed by atoms with Crippen molar-refractivity contribution in [2.24, 2.45) is 0 Å². The molecule has 0 amide bonds. The second kappa shape index (κ2) is 5.49. The molecule has 0 fully saturated rings. The van der Waals surface area contributed by atoms with Gasteiger partial charge in [0.1, 0.15) is 5.82 Å². The maximum Gasteiger partial charge on any atom is 0.305 e. The molecule has 0 unspecified atom stereocenters. The molecular formula is C12H18N2O2. The SMILES string of the molecule is Cc1cccc(N(CCC(=O)O)C(C)C)n1. The summed E-state index contributed by atoms with van der Waals surface area (Å²) in [5.41, 5.74) is 0.943. The zero-order valence-corrected chi connectivity index (χ0v) is 9.97. The number of pyridine rings is 1. The van der Waals surface area contributed by atoms with Gasteiger partial charge in [0.05, 0.1) is 6.42 Å². The zero-order chi connectivity index (χ0) is 12.1. The summed E-state index contributed by atoms with van der Waals surface area (Å²) in [6.07, 6.45) is 0.133. The average molecular weight is 222 g/mol. The van der Waals surface area contributed by atoms with Crippen LogP contribution < -0.4 is 4.90 Å². The number of aromatic nitrogens is 1. The van der Waals surface area contributed by atoms with Gasteiger partial charge >= 0.3 is 5.97 Å². The lowest BCUT2D eigenvalue weighted by Crippen LogP contribution is -2.33. The molecule has 1 aromatic rings. The Hall–Kier alpha value is -1.58. The molecule has 0 aliphatic rings. The van der Waals surface area contributed by atoms with Crippen LogP contribution in [0.4, 0.5) is 5.82 Å². The van der Waals surface area contributed by atoms with Crippen LogP contribution in [0, 0.1) is 6.92 Å². The first-order chi connectivity index (χ1) is 7.50. The van der Waals surface area contributed by atoms with Gasteiger partial charge in [0, 0.05) is 18.3 Å². The number of anilines is 1. The Morgan fingerprint density at radius 2 is 2.19 bits per heavy atom. The number of carboxylic acids is 1. The van der Waals surface area contributed by atoms with Crippen molar-refractivity contribution in [1.29, 1.82) is 0 Å². The summed E-state index contributed by atoms with van der Waals surface area (Å²) in [5, 5.41) is 8.70.